The molecule has 0 spiro atoms. The Morgan fingerprint density at radius 2 is 2.30 bits per heavy atom. The fraction of sp³-hybridized carbons (Fsp3) is 0.333. The van der Waals surface area contributed by atoms with Crippen molar-refractivity contribution in [3.05, 3.63) is 52.1 Å². The molecule has 2 aromatic rings. The lowest BCUT2D eigenvalue weighted by molar-refractivity contribution is 0.597. The standard InChI is InChI=1S/C15H18N4O/c1-19-8-7-17-14(15(19)20)18-13-4-2-3-10-9-11(16)5-6-12(10)13/h5-9,13H,2-4,16H2,1H3,(H,17,18). The first kappa shape index (κ1) is 12.7. The number of nitrogen functional groups attached to an aromatic ring is 1. The van der Waals surface area contributed by atoms with E-state index in [0.29, 0.717) is 5.82 Å². The summed E-state index contributed by atoms with van der Waals surface area (Å²) in [6.07, 6.45) is 6.41. The molecule has 1 aliphatic rings. The Morgan fingerprint density at radius 1 is 1.45 bits per heavy atom. The summed E-state index contributed by atoms with van der Waals surface area (Å²) < 4.78 is 1.53. The monoisotopic (exact) mass is 270 g/mol. The number of aryl methyl sites for hydroxylation is 2. The fourth-order valence-corrected chi connectivity index (χ4v) is 2.75. The van der Waals surface area contributed by atoms with Gasteiger partial charge >= 0.3 is 0 Å². The van der Waals surface area contributed by atoms with Gasteiger partial charge in [-0.2, -0.15) is 0 Å². The van der Waals surface area contributed by atoms with Gasteiger partial charge in [0.15, 0.2) is 5.82 Å². The van der Waals surface area contributed by atoms with E-state index in [0.717, 1.165) is 24.9 Å². The largest absolute Gasteiger partial charge is 0.399 e. The maximum Gasteiger partial charge on any atom is 0.293 e. The Balaban J connectivity index is 1.94. The van der Waals surface area contributed by atoms with Gasteiger partial charge in [0, 0.05) is 25.1 Å². The Hall–Kier alpha value is -2.30. The highest BCUT2D eigenvalue weighted by Gasteiger charge is 2.21. The Labute approximate surface area is 117 Å². The maximum absolute atomic E-state index is 12.0. The number of anilines is 2. The predicted octanol–water partition coefficient (Wildman–Crippen LogP) is 1.85. The molecule has 3 N–H and O–H groups in total. The van der Waals surface area contributed by atoms with Crippen LogP contribution in [0.1, 0.15) is 30.0 Å². The van der Waals surface area contributed by atoms with E-state index in [1.165, 1.54) is 15.7 Å². The van der Waals surface area contributed by atoms with Gasteiger partial charge in [0.05, 0.1) is 6.04 Å². The molecule has 104 valence electrons. The average Bonchev–Trinajstić information content (AvgIpc) is 2.44. The molecule has 1 aromatic heterocycles. The maximum atomic E-state index is 12.0. The summed E-state index contributed by atoms with van der Waals surface area (Å²) in [4.78, 5) is 16.2. The second-order valence-electron chi connectivity index (χ2n) is 5.24. The molecular weight excluding hydrogens is 252 g/mol. The summed E-state index contributed by atoms with van der Waals surface area (Å²) in [5.74, 6) is 0.407. The Kier molecular flexibility index (Phi) is 3.18. The molecule has 0 amide bonds. The van der Waals surface area contributed by atoms with Crippen LogP contribution in [0.25, 0.3) is 0 Å². The number of nitrogens with two attached hydrogens (primary N) is 1. The topological polar surface area (TPSA) is 72.9 Å². The number of fused-ring (bicyclic) bond motifs is 1. The van der Waals surface area contributed by atoms with E-state index in [1.807, 2.05) is 12.1 Å². The summed E-state index contributed by atoms with van der Waals surface area (Å²) >= 11 is 0. The van der Waals surface area contributed by atoms with Crippen molar-refractivity contribution in [2.75, 3.05) is 11.1 Å². The normalized spacial score (nSPS) is 17.6. The van der Waals surface area contributed by atoms with Crippen LogP contribution in [0.15, 0.2) is 35.4 Å². The summed E-state index contributed by atoms with van der Waals surface area (Å²) in [5.41, 5.74) is 9.01. The molecule has 0 fully saturated rings. The van der Waals surface area contributed by atoms with Crippen molar-refractivity contribution >= 4 is 11.5 Å². The van der Waals surface area contributed by atoms with Gasteiger partial charge < -0.3 is 15.6 Å². The summed E-state index contributed by atoms with van der Waals surface area (Å²) in [6.45, 7) is 0. The predicted molar refractivity (Wildman–Crippen MR) is 79.6 cm³/mol. The lowest BCUT2D eigenvalue weighted by Crippen LogP contribution is -2.26. The Bertz CT molecular complexity index is 693. The van der Waals surface area contributed by atoms with Gasteiger partial charge in [-0.1, -0.05) is 6.07 Å². The molecule has 1 heterocycles. The molecule has 0 radical (unpaired) electrons. The molecule has 1 aromatic carbocycles. The van der Waals surface area contributed by atoms with Crippen molar-refractivity contribution in [2.24, 2.45) is 7.05 Å². The van der Waals surface area contributed by atoms with Crippen LogP contribution < -0.4 is 16.6 Å². The first-order valence-corrected chi connectivity index (χ1v) is 6.81. The highest BCUT2D eigenvalue weighted by molar-refractivity contribution is 5.49. The van der Waals surface area contributed by atoms with E-state index >= 15 is 0 Å². The number of hydrogen-bond donors (Lipinski definition) is 2. The first-order chi connectivity index (χ1) is 9.65. The molecule has 5 heteroatoms. The van der Waals surface area contributed by atoms with Gasteiger partial charge in [-0.3, -0.25) is 4.79 Å². The van der Waals surface area contributed by atoms with E-state index in [9.17, 15) is 4.79 Å². The Morgan fingerprint density at radius 3 is 3.15 bits per heavy atom. The summed E-state index contributed by atoms with van der Waals surface area (Å²) in [5, 5.41) is 3.28. The van der Waals surface area contributed by atoms with Crippen LogP contribution in [0.5, 0.6) is 0 Å². The van der Waals surface area contributed by atoms with E-state index in [1.54, 1.807) is 19.4 Å². The van der Waals surface area contributed by atoms with E-state index in [2.05, 4.69) is 16.4 Å². The summed E-state index contributed by atoms with van der Waals surface area (Å²) in [6, 6.07) is 6.12. The van der Waals surface area contributed by atoms with Gasteiger partial charge in [0.2, 0.25) is 0 Å². The highest BCUT2D eigenvalue weighted by Crippen LogP contribution is 2.32. The van der Waals surface area contributed by atoms with Crippen molar-refractivity contribution in [2.45, 2.75) is 25.3 Å². The molecule has 0 saturated carbocycles. The van der Waals surface area contributed by atoms with Gasteiger partial charge in [-0.05, 0) is 42.5 Å². The summed E-state index contributed by atoms with van der Waals surface area (Å²) in [7, 11) is 1.73. The number of nitrogens with zero attached hydrogens (tertiary/aromatic N) is 2. The van der Waals surface area contributed by atoms with Crippen molar-refractivity contribution < 1.29 is 0 Å². The zero-order valence-corrected chi connectivity index (χ0v) is 11.5. The molecular formula is C15H18N4O. The molecule has 5 nitrogen and oxygen atoms in total. The van der Waals surface area contributed by atoms with E-state index in [-0.39, 0.29) is 11.6 Å². The van der Waals surface area contributed by atoms with Crippen LogP contribution in [-0.2, 0) is 13.5 Å². The van der Waals surface area contributed by atoms with Crippen LogP contribution in [0.3, 0.4) is 0 Å². The van der Waals surface area contributed by atoms with Gasteiger partial charge in [-0.25, -0.2) is 4.98 Å². The third-order valence-electron chi connectivity index (χ3n) is 3.81. The number of nitrogens with one attached hydrogen (secondary N) is 1. The van der Waals surface area contributed by atoms with Crippen LogP contribution in [0.4, 0.5) is 11.5 Å². The third-order valence-corrected chi connectivity index (χ3v) is 3.81. The minimum atomic E-state index is -0.102. The highest BCUT2D eigenvalue weighted by atomic mass is 16.1. The quantitative estimate of drug-likeness (QED) is 0.817. The molecule has 1 unspecified atom stereocenters. The minimum absolute atomic E-state index is 0.102. The molecule has 1 aliphatic carbocycles. The minimum Gasteiger partial charge on any atom is -0.399 e. The van der Waals surface area contributed by atoms with Crippen LogP contribution in [0.2, 0.25) is 0 Å². The number of benzene rings is 1. The smallest absolute Gasteiger partial charge is 0.293 e. The second-order valence-corrected chi connectivity index (χ2v) is 5.24. The van der Waals surface area contributed by atoms with Gasteiger partial charge in [-0.15, -0.1) is 0 Å². The zero-order valence-electron chi connectivity index (χ0n) is 11.5. The van der Waals surface area contributed by atoms with Crippen molar-refractivity contribution in [1.29, 1.82) is 0 Å². The van der Waals surface area contributed by atoms with Crippen LogP contribution in [-0.4, -0.2) is 9.55 Å². The average molecular weight is 270 g/mol. The van der Waals surface area contributed by atoms with Crippen molar-refractivity contribution in [3.63, 3.8) is 0 Å². The van der Waals surface area contributed by atoms with Crippen LogP contribution >= 0.6 is 0 Å². The third kappa shape index (κ3) is 2.27. The molecule has 0 aliphatic heterocycles. The number of rotatable bonds is 2. The molecule has 0 saturated heterocycles. The fourth-order valence-electron chi connectivity index (χ4n) is 2.75. The molecule has 1 atom stereocenters. The SMILES string of the molecule is Cn1ccnc(NC2CCCc3cc(N)ccc32)c1=O. The number of hydrogen-bond acceptors (Lipinski definition) is 4. The second kappa shape index (κ2) is 5.00. The van der Waals surface area contributed by atoms with Crippen molar-refractivity contribution in [1.82, 2.24) is 9.55 Å². The van der Waals surface area contributed by atoms with E-state index in [4.69, 9.17) is 5.73 Å². The van der Waals surface area contributed by atoms with Gasteiger partial charge in [0.25, 0.3) is 5.56 Å². The molecule has 0 bridgehead atoms. The van der Waals surface area contributed by atoms with E-state index < -0.39 is 0 Å². The number of aromatic nitrogens is 2. The lowest BCUT2D eigenvalue weighted by Gasteiger charge is -2.26. The molecule has 20 heavy (non-hydrogen) atoms. The van der Waals surface area contributed by atoms with Crippen molar-refractivity contribution in [3.8, 4) is 0 Å². The van der Waals surface area contributed by atoms with Gasteiger partial charge in [0.1, 0.15) is 0 Å². The van der Waals surface area contributed by atoms with Crippen LogP contribution in [0, 0.1) is 0 Å². The zero-order chi connectivity index (χ0) is 14.1. The first-order valence-electron chi connectivity index (χ1n) is 6.81. The lowest BCUT2D eigenvalue weighted by atomic mass is 9.87. The molecule has 3 rings (SSSR count).